The third-order valence-corrected chi connectivity index (χ3v) is 2.11. The van der Waals surface area contributed by atoms with Crippen LogP contribution in [0.1, 0.15) is 6.42 Å². The molecule has 2 aromatic rings. The van der Waals surface area contributed by atoms with Crippen LogP contribution in [0.25, 0.3) is 11.2 Å². The molecule has 0 unspecified atom stereocenters. The highest BCUT2D eigenvalue weighted by Gasteiger charge is 2.06. The van der Waals surface area contributed by atoms with Crippen LogP contribution in [0.15, 0.2) is 12.7 Å². The van der Waals surface area contributed by atoms with Gasteiger partial charge in [0.15, 0.2) is 16.7 Å². The van der Waals surface area contributed by atoms with Gasteiger partial charge in [0, 0.05) is 13.2 Å². The Morgan fingerprint density at radius 3 is 2.87 bits per heavy atom. The summed E-state index contributed by atoms with van der Waals surface area (Å²) in [5, 5.41) is 25.4. The SMILES string of the molecule is N=c1c2ncn(CCCO)c2ncn1O. The lowest BCUT2D eigenvalue weighted by Gasteiger charge is -2.01. The maximum absolute atomic E-state index is 9.18. The lowest BCUT2D eigenvalue weighted by Crippen LogP contribution is -2.18. The summed E-state index contributed by atoms with van der Waals surface area (Å²) in [6.07, 6.45) is 3.31. The number of aliphatic hydroxyl groups excluding tert-OH is 1. The van der Waals surface area contributed by atoms with Crippen LogP contribution in [-0.2, 0) is 6.54 Å². The number of nitrogens with zero attached hydrogens (tertiary/aromatic N) is 4. The molecule has 0 saturated carbocycles. The molecule has 0 aromatic carbocycles. The standard InChI is InChI=1S/C8H11N5O2/c9-7-6-8(11-5-13(7)15)12(4-10-6)2-1-3-14/h4-5,9,14-15H,1-3H2. The minimum absolute atomic E-state index is 0.0947. The van der Waals surface area contributed by atoms with Crippen molar-refractivity contribution in [2.45, 2.75) is 13.0 Å². The molecular weight excluding hydrogens is 198 g/mol. The van der Waals surface area contributed by atoms with E-state index in [0.29, 0.717) is 28.9 Å². The van der Waals surface area contributed by atoms with Gasteiger partial charge >= 0.3 is 0 Å². The lowest BCUT2D eigenvalue weighted by molar-refractivity contribution is 0.168. The summed E-state index contributed by atoms with van der Waals surface area (Å²) in [6, 6.07) is 0. The maximum atomic E-state index is 9.18. The van der Waals surface area contributed by atoms with Crippen molar-refractivity contribution >= 4 is 11.2 Å². The van der Waals surface area contributed by atoms with Crippen molar-refractivity contribution in [1.29, 1.82) is 5.41 Å². The number of aliphatic hydroxyl groups is 1. The Morgan fingerprint density at radius 2 is 2.13 bits per heavy atom. The molecular formula is C8H11N5O2. The molecule has 0 aliphatic rings. The first-order valence-electron chi connectivity index (χ1n) is 4.51. The molecule has 80 valence electrons. The van der Waals surface area contributed by atoms with Crippen molar-refractivity contribution in [2.75, 3.05) is 6.61 Å². The van der Waals surface area contributed by atoms with Gasteiger partial charge < -0.3 is 14.9 Å². The van der Waals surface area contributed by atoms with Crippen LogP contribution in [0.4, 0.5) is 0 Å². The molecule has 15 heavy (non-hydrogen) atoms. The lowest BCUT2D eigenvalue weighted by atomic mass is 10.4. The zero-order valence-electron chi connectivity index (χ0n) is 7.96. The largest absolute Gasteiger partial charge is 0.425 e. The van der Waals surface area contributed by atoms with Gasteiger partial charge in [-0.15, -0.1) is 0 Å². The second-order valence-corrected chi connectivity index (χ2v) is 3.13. The second kappa shape index (κ2) is 3.70. The van der Waals surface area contributed by atoms with E-state index < -0.39 is 0 Å². The van der Waals surface area contributed by atoms with Crippen molar-refractivity contribution in [1.82, 2.24) is 19.3 Å². The topological polar surface area (TPSA) is 100.0 Å². The number of hydrogen-bond donors (Lipinski definition) is 3. The molecule has 0 saturated heterocycles. The summed E-state index contributed by atoms with van der Waals surface area (Å²) in [5.74, 6) is 0. The fraction of sp³-hybridized carbons (Fsp3) is 0.375. The minimum atomic E-state index is -0.0947. The molecule has 2 heterocycles. The van der Waals surface area contributed by atoms with Crippen LogP contribution >= 0.6 is 0 Å². The molecule has 7 nitrogen and oxygen atoms in total. The van der Waals surface area contributed by atoms with E-state index >= 15 is 0 Å². The van der Waals surface area contributed by atoms with Crippen LogP contribution in [0.5, 0.6) is 0 Å². The molecule has 7 heteroatoms. The molecule has 0 aliphatic carbocycles. The zero-order chi connectivity index (χ0) is 10.8. The molecule has 0 bridgehead atoms. The number of hydrogen-bond acceptors (Lipinski definition) is 5. The molecule has 0 amide bonds. The van der Waals surface area contributed by atoms with Crippen LogP contribution < -0.4 is 5.49 Å². The summed E-state index contributed by atoms with van der Waals surface area (Å²) < 4.78 is 2.36. The number of rotatable bonds is 3. The molecule has 3 N–H and O–H groups in total. The van der Waals surface area contributed by atoms with Gasteiger partial charge in [-0.1, -0.05) is 0 Å². The number of nitrogens with one attached hydrogen (secondary N) is 1. The van der Waals surface area contributed by atoms with Gasteiger partial charge in [0.2, 0.25) is 0 Å². The van der Waals surface area contributed by atoms with Crippen molar-refractivity contribution in [2.24, 2.45) is 0 Å². The predicted octanol–water partition coefficient (Wildman–Crippen LogP) is -0.668. The summed E-state index contributed by atoms with van der Waals surface area (Å²) in [6.45, 7) is 0.690. The summed E-state index contributed by atoms with van der Waals surface area (Å²) in [4.78, 5) is 7.95. The molecule has 0 atom stereocenters. The van der Waals surface area contributed by atoms with Crippen LogP contribution in [0, 0.1) is 5.41 Å². The van der Waals surface area contributed by atoms with Gasteiger partial charge in [0.05, 0.1) is 6.33 Å². The third-order valence-electron chi connectivity index (χ3n) is 2.11. The average Bonchev–Trinajstić information content (AvgIpc) is 2.64. The van der Waals surface area contributed by atoms with Crippen LogP contribution in [-0.4, -0.2) is 36.2 Å². The molecule has 0 fully saturated rings. The van der Waals surface area contributed by atoms with E-state index in [2.05, 4.69) is 9.97 Å². The van der Waals surface area contributed by atoms with Crippen molar-refractivity contribution in [3.05, 3.63) is 18.1 Å². The first-order chi connectivity index (χ1) is 7.24. The molecule has 2 aromatic heterocycles. The Hall–Kier alpha value is -1.89. The average molecular weight is 209 g/mol. The van der Waals surface area contributed by atoms with Gasteiger partial charge in [-0.2, -0.15) is 4.73 Å². The van der Waals surface area contributed by atoms with Crippen LogP contribution in [0.3, 0.4) is 0 Å². The molecule has 2 rings (SSSR count). The zero-order valence-corrected chi connectivity index (χ0v) is 7.96. The smallest absolute Gasteiger partial charge is 0.192 e. The quantitative estimate of drug-likeness (QED) is 0.584. The fourth-order valence-electron chi connectivity index (χ4n) is 1.36. The Kier molecular flexibility index (Phi) is 2.38. The fourth-order valence-corrected chi connectivity index (χ4v) is 1.36. The Bertz CT molecular complexity index is 529. The van der Waals surface area contributed by atoms with E-state index in [0.717, 1.165) is 6.33 Å². The van der Waals surface area contributed by atoms with E-state index in [9.17, 15) is 5.21 Å². The predicted molar refractivity (Wildman–Crippen MR) is 50.3 cm³/mol. The Balaban J connectivity index is 2.52. The van der Waals surface area contributed by atoms with Crippen molar-refractivity contribution in [3.63, 3.8) is 0 Å². The van der Waals surface area contributed by atoms with Crippen molar-refractivity contribution < 1.29 is 10.3 Å². The van der Waals surface area contributed by atoms with E-state index in [1.807, 2.05) is 0 Å². The number of fused-ring (bicyclic) bond motifs is 1. The van der Waals surface area contributed by atoms with Gasteiger partial charge in [0.1, 0.15) is 6.33 Å². The molecule has 0 radical (unpaired) electrons. The number of imidazole rings is 1. The molecule has 0 aliphatic heterocycles. The van der Waals surface area contributed by atoms with Gasteiger partial charge in [-0.3, -0.25) is 5.41 Å². The first kappa shape index (κ1) is 9.66. The normalized spacial score (nSPS) is 11.0. The maximum Gasteiger partial charge on any atom is 0.192 e. The highest BCUT2D eigenvalue weighted by atomic mass is 16.5. The van der Waals surface area contributed by atoms with Crippen LogP contribution in [0.2, 0.25) is 0 Å². The third kappa shape index (κ3) is 1.57. The summed E-state index contributed by atoms with van der Waals surface area (Å²) in [5.41, 5.74) is 0.791. The number of aryl methyl sites for hydroxylation is 1. The Morgan fingerprint density at radius 1 is 1.33 bits per heavy atom. The van der Waals surface area contributed by atoms with Gasteiger partial charge in [-0.25, -0.2) is 9.97 Å². The summed E-state index contributed by atoms with van der Waals surface area (Å²) >= 11 is 0. The minimum Gasteiger partial charge on any atom is -0.425 e. The highest BCUT2D eigenvalue weighted by molar-refractivity contribution is 5.68. The van der Waals surface area contributed by atoms with E-state index in [4.69, 9.17) is 10.5 Å². The summed E-state index contributed by atoms with van der Waals surface area (Å²) in [7, 11) is 0. The molecule has 0 spiro atoms. The first-order valence-corrected chi connectivity index (χ1v) is 4.51. The highest BCUT2D eigenvalue weighted by Crippen LogP contribution is 2.04. The van der Waals surface area contributed by atoms with Gasteiger partial charge in [0.25, 0.3) is 0 Å². The monoisotopic (exact) mass is 209 g/mol. The Labute approximate surface area is 84.7 Å². The number of aromatic nitrogens is 4. The van der Waals surface area contributed by atoms with Gasteiger partial charge in [-0.05, 0) is 6.42 Å². The van der Waals surface area contributed by atoms with E-state index in [1.165, 1.54) is 0 Å². The van der Waals surface area contributed by atoms with E-state index in [-0.39, 0.29) is 12.1 Å². The van der Waals surface area contributed by atoms with E-state index in [1.54, 1.807) is 10.9 Å². The second-order valence-electron chi connectivity index (χ2n) is 3.13. The van der Waals surface area contributed by atoms with Crippen molar-refractivity contribution in [3.8, 4) is 0 Å².